The molecular weight excluding hydrogens is 410 g/mol. The number of benzene rings is 2. The van der Waals surface area contributed by atoms with Crippen molar-refractivity contribution >= 4 is 22.8 Å². The highest BCUT2D eigenvalue weighted by Gasteiger charge is 2.12. The second-order valence-corrected chi connectivity index (χ2v) is 7.04. The zero-order valence-corrected chi connectivity index (χ0v) is 18.3. The van der Waals surface area contributed by atoms with E-state index in [4.69, 9.17) is 14.7 Å². The summed E-state index contributed by atoms with van der Waals surface area (Å²) in [5.41, 5.74) is 7.42. The molecule has 9 heteroatoms. The number of nitriles is 1. The average molecular weight is 435 g/mol. The molecule has 32 heavy (non-hydrogen) atoms. The smallest absolute Gasteiger partial charge is 0.269 e. The molecule has 0 aliphatic carbocycles. The number of nitrogens with one attached hydrogen (secondary N) is 2. The first kappa shape index (κ1) is 22.6. The number of hydrogen-bond acceptors (Lipinski definition) is 6. The van der Waals surface area contributed by atoms with Crippen molar-refractivity contribution in [2.24, 2.45) is 0 Å². The Hall–Kier alpha value is -4.06. The number of ether oxygens (including phenoxy) is 2. The third kappa shape index (κ3) is 5.16. The Kier molecular flexibility index (Phi) is 7.29. The third-order valence-electron chi connectivity index (χ3n) is 4.93. The average Bonchev–Trinajstić information content (AvgIpc) is 3.14. The molecular formula is C23H25N5O4. The number of aromatic nitrogens is 2. The van der Waals surface area contributed by atoms with E-state index in [1.54, 1.807) is 30.3 Å². The van der Waals surface area contributed by atoms with E-state index in [1.165, 1.54) is 7.11 Å². The lowest BCUT2D eigenvalue weighted by atomic mass is 10.2. The van der Waals surface area contributed by atoms with Gasteiger partial charge in [-0.15, -0.1) is 0 Å². The van der Waals surface area contributed by atoms with Crippen LogP contribution in [0.3, 0.4) is 0 Å². The summed E-state index contributed by atoms with van der Waals surface area (Å²) < 4.78 is 12.9. The van der Waals surface area contributed by atoms with Gasteiger partial charge in [-0.05, 0) is 50.6 Å². The molecule has 166 valence electrons. The number of nitrogens with zero attached hydrogens (tertiary/aromatic N) is 3. The number of methoxy groups -OCH3 is 1. The van der Waals surface area contributed by atoms with Gasteiger partial charge in [0.25, 0.3) is 5.91 Å². The number of fused-ring (bicyclic) bond motifs is 1. The van der Waals surface area contributed by atoms with Crippen molar-refractivity contribution in [1.29, 1.82) is 5.26 Å². The molecule has 9 nitrogen and oxygen atoms in total. The Labute approximate surface area is 185 Å². The molecule has 2 N–H and O–H groups in total. The van der Waals surface area contributed by atoms with E-state index < -0.39 is 5.91 Å². The highest BCUT2D eigenvalue weighted by atomic mass is 16.5. The van der Waals surface area contributed by atoms with E-state index in [9.17, 15) is 9.59 Å². The number of carbonyl (C=O) groups excluding carboxylic acids is 2. The fourth-order valence-corrected chi connectivity index (χ4v) is 3.32. The number of carbonyl (C=O) groups is 2. The van der Waals surface area contributed by atoms with Crippen LogP contribution >= 0.6 is 0 Å². The van der Waals surface area contributed by atoms with Crippen molar-refractivity contribution in [3.63, 3.8) is 0 Å². The molecule has 0 saturated heterocycles. The molecule has 0 atom stereocenters. The maximum Gasteiger partial charge on any atom is 0.269 e. The van der Waals surface area contributed by atoms with Crippen molar-refractivity contribution in [3.05, 3.63) is 53.3 Å². The number of rotatable bonds is 8. The summed E-state index contributed by atoms with van der Waals surface area (Å²) in [7, 11) is 1.49. The van der Waals surface area contributed by atoms with E-state index in [0.29, 0.717) is 29.0 Å². The van der Waals surface area contributed by atoms with Crippen LogP contribution in [0.25, 0.3) is 11.0 Å². The summed E-state index contributed by atoms with van der Waals surface area (Å²) >= 11 is 0. The Morgan fingerprint density at radius 3 is 2.69 bits per heavy atom. The summed E-state index contributed by atoms with van der Waals surface area (Å²) in [6.07, 6.45) is 0.600. The highest BCUT2D eigenvalue weighted by Crippen LogP contribution is 2.28. The number of imidazole rings is 1. The van der Waals surface area contributed by atoms with Gasteiger partial charge in [0.05, 0.1) is 36.4 Å². The number of hydrazine groups is 1. The highest BCUT2D eigenvalue weighted by molar-refractivity contribution is 5.98. The van der Waals surface area contributed by atoms with Gasteiger partial charge < -0.3 is 14.0 Å². The summed E-state index contributed by atoms with van der Waals surface area (Å²) in [5.74, 6) is 1.09. The minimum atomic E-state index is -0.414. The number of amides is 2. The van der Waals surface area contributed by atoms with Crippen LogP contribution in [-0.4, -0.2) is 35.1 Å². The lowest BCUT2D eigenvalue weighted by Crippen LogP contribution is -2.41. The largest absolute Gasteiger partial charge is 0.493 e. The third-order valence-corrected chi connectivity index (χ3v) is 4.93. The standard InChI is InChI=1S/C23H25N5O4/c1-4-28-15(2)25-18-13-17(8-9-19(18)28)23(30)27-26-22(29)6-5-11-32-20-10-7-16(14-24)12-21(20)31-3/h7-10,12-13H,4-6,11H2,1-3H3,(H,26,29)(H,27,30). The van der Waals surface area contributed by atoms with Crippen molar-refractivity contribution in [1.82, 2.24) is 20.4 Å². The molecule has 0 saturated carbocycles. The normalized spacial score (nSPS) is 10.4. The minimum Gasteiger partial charge on any atom is -0.493 e. The molecule has 0 spiro atoms. The molecule has 0 bridgehead atoms. The monoisotopic (exact) mass is 435 g/mol. The zero-order valence-electron chi connectivity index (χ0n) is 18.3. The Bertz CT molecular complexity index is 1180. The van der Waals surface area contributed by atoms with Crippen LogP contribution in [0.1, 0.15) is 41.5 Å². The lowest BCUT2D eigenvalue weighted by molar-refractivity contribution is -0.122. The molecule has 0 aliphatic rings. The first-order valence-electron chi connectivity index (χ1n) is 10.2. The van der Waals surface area contributed by atoms with Gasteiger partial charge in [-0.25, -0.2) is 4.98 Å². The predicted molar refractivity (Wildman–Crippen MR) is 118 cm³/mol. The van der Waals surface area contributed by atoms with Gasteiger partial charge in [-0.1, -0.05) is 0 Å². The number of hydrogen-bond donors (Lipinski definition) is 2. The molecule has 0 fully saturated rings. The second kappa shape index (κ2) is 10.3. The SMILES string of the molecule is CCn1c(C)nc2cc(C(=O)NNC(=O)CCCOc3ccc(C#N)cc3OC)ccc21. The Balaban J connectivity index is 1.45. The van der Waals surface area contributed by atoms with Crippen molar-refractivity contribution in [2.75, 3.05) is 13.7 Å². The molecule has 0 radical (unpaired) electrons. The van der Waals surface area contributed by atoms with E-state index in [-0.39, 0.29) is 18.9 Å². The van der Waals surface area contributed by atoms with Crippen molar-refractivity contribution < 1.29 is 19.1 Å². The molecule has 1 aromatic heterocycles. The molecule has 2 amide bonds. The van der Waals surface area contributed by atoms with Gasteiger partial charge in [0, 0.05) is 24.6 Å². The van der Waals surface area contributed by atoms with Crippen molar-refractivity contribution in [3.8, 4) is 17.6 Å². The van der Waals surface area contributed by atoms with Gasteiger partial charge in [-0.3, -0.25) is 20.4 Å². The van der Waals surface area contributed by atoms with Crippen LogP contribution in [0.5, 0.6) is 11.5 Å². The first-order chi connectivity index (χ1) is 15.5. The summed E-state index contributed by atoms with van der Waals surface area (Å²) in [4.78, 5) is 28.9. The van der Waals surface area contributed by atoms with Crippen LogP contribution in [0.15, 0.2) is 36.4 Å². The summed E-state index contributed by atoms with van der Waals surface area (Å²) in [5, 5.41) is 8.93. The maximum absolute atomic E-state index is 12.4. The van der Waals surface area contributed by atoms with Gasteiger partial charge >= 0.3 is 0 Å². The first-order valence-corrected chi connectivity index (χ1v) is 10.2. The molecule has 1 heterocycles. The van der Waals surface area contributed by atoms with Gasteiger partial charge in [0.2, 0.25) is 5.91 Å². The van der Waals surface area contributed by atoms with Crippen LogP contribution in [-0.2, 0) is 11.3 Å². The maximum atomic E-state index is 12.4. The molecule has 3 aromatic rings. The van der Waals surface area contributed by atoms with Gasteiger partial charge in [0.1, 0.15) is 5.82 Å². The molecule has 0 aliphatic heterocycles. The van der Waals surface area contributed by atoms with Crippen LogP contribution in [0.4, 0.5) is 0 Å². The van der Waals surface area contributed by atoms with Crippen LogP contribution in [0, 0.1) is 18.3 Å². The quantitative estimate of drug-likeness (QED) is 0.415. The lowest BCUT2D eigenvalue weighted by Gasteiger charge is -2.11. The van der Waals surface area contributed by atoms with Crippen LogP contribution < -0.4 is 20.3 Å². The predicted octanol–water partition coefficient (Wildman–Crippen LogP) is 2.87. The van der Waals surface area contributed by atoms with E-state index in [0.717, 1.165) is 23.4 Å². The zero-order chi connectivity index (χ0) is 23.1. The van der Waals surface area contributed by atoms with Gasteiger partial charge in [0.15, 0.2) is 11.5 Å². The summed E-state index contributed by atoms with van der Waals surface area (Å²) in [6, 6.07) is 12.2. The van der Waals surface area contributed by atoms with E-state index >= 15 is 0 Å². The fourth-order valence-electron chi connectivity index (χ4n) is 3.32. The Morgan fingerprint density at radius 1 is 1.16 bits per heavy atom. The van der Waals surface area contributed by atoms with Gasteiger partial charge in [-0.2, -0.15) is 5.26 Å². The summed E-state index contributed by atoms with van der Waals surface area (Å²) in [6.45, 7) is 5.03. The number of aryl methyl sites for hydroxylation is 2. The van der Waals surface area contributed by atoms with E-state index in [1.807, 2.05) is 26.0 Å². The second-order valence-electron chi connectivity index (χ2n) is 7.04. The van der Waals surface area contributed by atoms with Crippen LogP contribution in [0.2, 0.25) is 0 Å². The van der Waals surface area contributed by atoms with Crippen molar-refractivity contribution in [2.45, 2.75) is 33.2 Å². The molecule has 0 unspecified atom stereocenters. The minimum absolute atomic E-state index is 0.165. The molecule has 2 aromatic carbocycles. The topological polar surface area (TPSA) is 118 Å². The molecule has 3 rings (SSSR count). The van der Waals surface area contributed by atoms with E-state index in [2.05, 4.69) is 20.4 Å². The Morgan fingerprint density at radius 2 is 1.97 bits per heavy atom. The fraction of sp³-hybridized carbons (Fsp3) is 0.304.